The molecule has 0 bridgehead atoms. The van der Waals surface area contributed by atoms with Gasteiger partial charge in [-0.3, -0.25) is 19.2 Å². The van der Waals surface area contributed by atoms with Crippen LogP contribution in [0.2, 0.25) is 0 Å². The number of aliphatic carboxylic acids is 1. The Morgan fingerprint density at radius 3 is 2.18 bits per heavy atom. The van der Waals surface area contributed by atoms with Gasteiger partial charge < -0.3 is 37.5 Å². The molecule has 0 fully saturated rings. The van der Waals surface area contributed by atoms with Crippen molar-refractivity contribution in [2.24, 2.45) is 17.4 Å². The first-order valence-corrected chi connectivity index (χ1v) is 12.2. The van der Waals surface area contributed by atoms with Crippen LogP contribution in [0.25, 0.3) is 0 Å². The third-order valence-corrected chi connectivity index (χ3v) is 6.06. The molecule has 2 rings (SSSR count). The summed E-state index contributed by atoms with van der Waals surface area (Å²) < 4.78 is 0. The Kier molecular flexibility index (Phi) is 11.4. The molecule has 1 aromatic heterocycles. The Hall–Kier alpha value is -4.26. The van der Waals surface area contributed by atoms with E-state index in [2.05, 4.69) is 25.9 Å². The second-order valence-corrected chi connectivity index (χ2v) is 9.08. The van der Waals surface area contributed by atoms with E-state index < -0.39 is 60.2 Å². The number of carboxylic acids is 1. The summed E-state index contributed by atoms with van der Waals surface area (Å²) in [5.41, 5.74) is 12.6. The van der Waals surface area contributed by atoms with Gasteiger partial charge in [0.15, 0.2) is 0 Å². The van der Waals surface area contributed by atoms with Crippen molar-refractivity contribution in [2.75, 3.05) is 0 Å². The Balaban J connectivity index is 2.13. The van der Waals surface area contributed by atoms with Gasteiger partial charge in [-0.05, 0) is 11.5 Å². The number of amides is 4. The molecule has 2 aromatic rings. The van der Waals surface area contributed by atoms with Gasteiger partial charge in [0.25, 0.3) is 0 Å². The normalized spacial score (nSPS) is 14.8. The van der Waals surface area contributed by atoms with Gasteiger partial charge in [-0.25, -0.2) is 9.78 Å². The third kappa shape index (κ3) is 9.32. The number of hydrogen-bond acceptors (Lipinski definition) is 7. The topological polar surface area (TPSA) is 222 Å². The van der Waals surface area contributed by atoms with Crippen molar-refractivity contribution in [3.63, 3.8) is 0 Å². The summed E-state index contributed by atoms with van der Waals surface area (Å²) in [6, 6.07) is 3.82. The zero-order chi connectivity index (χ0) is 28.2. The maximum absolute atomic E-state index is 13.2. The number of benzene rings is 1. The predicted octanol–water partition coefficient (Wildman–Crippen LogP) is -1.02. The molecule has 4 amide bonds. The van der Waals surface area contributed by atoms with E-state index in [4.69, 9.17) is 11.5 Å². The van der Waals surface area contributed by atoms with E-state index >= 15 is 0 Å². The number of nitrogens with two attached hydrogens (primary N) is 2. The number of rotatable bonds is 15. The van der Waals surface area contributed by atoms with E-state index in [0.717, 1.165) is 0 Å². The standard InChI is InChI=1S/C25H35N7O6/c1-3-14(2)21(32-22(34)17(26)10-16-12-28-13-29-16)24(36)30-18(11-20(27)33)23(35)31-19(25(37)38)9-15-7-5-4-6-8-15/h4-8,12-14,17-19,21H,3,9-11,26H2,1-2H3,(H2,27,33)(H,28,29)(H,30,36)(H,31,35)(H,32,34)(H,37,38). The van der Waals surface area contributed by atoms with E-state index in [9.17, 15) is 29.1 Å². The SMILES string of the molecule is CCC(C)C(NC(=O)C(N)Cc1cnc[nH]1)C(=O)NC(CC(N)=O)C(=O)NC(Cc1ccccc1)C(=O)O. The van der Waals surface area contributed by atoms with Crippen molar-refractivity contribution < 1.29 is 29.1 Å². The van der Waals surface area contributed by atoms with Gasteiger partial charge in [-0.15, -0.1) is 0 Å². The highest BCUT2D eigenvalue weighted by Crippen LogP contribution is 2.10. The molecule has 0 radical (unpaired) electrons. The van der Waals surface area contributed by atoms with Crippen LogP contribution in [0.15, 0.2) is 42.9 Å². The first-order valence-electron chi connectivity index (χ1n) is 12.2. The number of aromatic amines is 1. The van der Waals surface area contributed by atoms with Gasteiger partial charge in [0.1, 0.15) is 18.1 Å². The highest BCUT2D eigenvalue weighted by atomic mass is 16.4. The van der Waals surface area contributed by atoms with E-state index in [0.29, 0.717) is 17.7 Å². The number of hydrogen-bond donors (Lipinski definition) is 7. The fraction of sp³-hybridized carbons (Fsp3) is 0.440. The minimum Gasteiger partial charge on any atom is -0.480 e. The largest absolute Gasteiger partial charge is 0.480 e. The predicted molar refractivity (Wildman–Crippen MR) is 137 cm³/mol. The van der Waals surface area contributed by atoms with E-state index in [-0.39, 0.29) is 18.8 Å². The van der Waals surface area contributed by atoms with Crippen molar-refractivity contribution in [3.05, 3.63) is 54.1 Å². The van der Waals surface area contributed by atoms with Crippen molar-refractivity contribution >= 4 is 29.6 Å². The van der Waals surface area contributed by atoms with Crippen molar-refractivity contribution in [2.45, 2.75) is 63.7 Å². The summed E-state index contributed by atoms with van der Waals surface area (Å²) in [5, 5.41) is 17.0. The fourth-order valence-corrected chi connectivity index (χ4v) is 3.68. The molecule has 13 nitrogen and oxygen atoms in total. The number of carbonyl (C=O) groups is 5. The Labute approximate surface area is 220 Å². The van der Waals surface area contributed by atoms with E-state index in [1.807, 2.05) is 6.92 Å². The highest BCUT2D eigenvalue weighted by molar-refractivity contribution is 5.96. The second kappa shape index (κ2) is 14.5. The lowest BCUT2D eigenvalue weighted by Gasteiger charge is -2.27. The van der Waals surface area contributed by atoms with Gasteiger partial charge in [-0.1, -0.05) is 50.6 Å². The quantitative estimate of drug-likeness (QED) is 0.151. The first kappa shape index (κ1) is 30.0. The van der Waals surface area contributed by atoms with Crippen LogP contribution in [0.3, 0.4) is 0 Å². The van der Waals surface area contributed by atoms with Gasteiger partial charge >= 0.3 is 5.97 Å². The molecule has 1 aromatic carbocycles. The van der Waals surface area contributed by atoms with Crippen molar-refractivity contribution in [1.82, 2.24) is 25.9 Å². The van der Waals surface area contributed by atoms with Crippen LogP contribution in [0.5, 0.6) is 0 Å². The van der Waals surface area contributed by atoms with Crippen LogP contribution >= 0.6 is 0 Å². The molecule has 13 heteroatoms. The summed E-state index contributed by atoms with van der Waals surface area (Å²) in [7, 11) is 0. The lowest BCUT2D eigenvalue weighted by atomic mass is 9.97. The number of nitrogens with zero attached hydrogens (tertiary/aromatic N) is 1. The molecule has 206 valence electrons. The second-order valence-electron chi connectivity index (χ2n) is 9.08. The average Bonchev–Trinajstić information content (AvgIpc) is 3.39. The number of H-pyrrole nitrogens is 1. The smallest absolute Gasteiger partial charge is 0.326 e. The minimum absolute atomic E-state index is 0.0150. The Morgan fingerprint density at radius 1 is 0.974 bits per heavy atom. The molecule has 0 aliphatic rings. The van der Waals surface area contributed by atoms with Gasteiger partial charge in [0.05, 0.1) is 18.8 Å². The van der Waals surface area contributed by atoms with Crippen LogP contribution in [0, 0.1) is 5.92 Å². The molecular weight excluding hydrogens is 494 g/mol. The zero-order valence-electron chi connectivity index (χ0n) is 21.3. The number of primary amides is 1. The summed E-state index contributed by atoms with van der Waals surface area (Å²) in [6.07, 6.45) is 3.05. The van der Waals surface area contributed by atoms with Crippen LogP contribution < -0.4 is 27.4 Å². The molecule has 0 aliphatic heterocycles. The van der Waals surface area contributed by atoms with Crippen molar-refractivity contribution in [3.8, 4) is 0 Å². The van der Waals surface area contributed by atoms with Gasteiger partial charge in [0.2, 0.25) is 23.6 Å². The van der Waals surface area contributed by atoms with E-state index in [1.54, 1.807) is 37.3 Å². The number of aromatic nitrogens is 2. The zero-order valence-corrected chi connectivity index (χ0v) is 21.3. The molecule has 9 N–H and O–H groups in total. The maximum atomic E-state index is 13.2. The fourth-order valence-electron chi connectivity index (χ4n) is 3.68. The van der Waals surface area contributed by atoms with E-state index in [1.165, 1.54) is 12.5 Å². The van der Waals surface area contributed by atoms with Gasteiger partial charge in [0, 0.05) is 24.7 Å². The Morgan fingerprint density at radius 2 is 1.63 bits per heavy atom. The number of imidazole rings is 1. The average molecular weight is 530 g/mol. The summed E-state index contributed by atoms with van der Waals surface area (Å²) >= 11 is 0. The number of nitrogens with one attached hydrogen (secondary N) is 4. The first-order chi connectivity index (χ1) is 18.0. The maximum Gasteiger partial charge on any atom is 0.326 e. The monoisotopic (exact) mass is 529 g/mol. The molecule has 0 aliphatic carbocycles. The molecular formula is C25H35N7O6. The summed E-state index contributed by atoms with van der Waals surface area (Å²) in [4.78, 5) is 69.1. The van der Waals surface area contributed by atoms with Crippen LogP contribution in [-0.2, 0) is 36.8 Å². The lowest BCUT2D eigenvalue weighted by Crippen LogP contribution is -2.59. The highest BCUT2D eigenvalue weighted by Gasteiger charge is 2.33. The third-order valence-electron chi connectivity index (χ3n) is 6.06. The number of carboxylic acid groups (broad SMARTS) is 1. The molecule has 38 heavy (non-hydrogen) atoms. The van der Waals surface area contributed by atoms with Crippen LogP contribution in [-0.4, -0.2) is 68.8 Å². The summed E-state index contributed by atoms with van der Waals surface area (Å²) in [5.74, 6) is -4.76. The lowest BCUT2D eigenvalue weighted by molar-refractivity contribution is -0.142. The summed E-state index contributed by atoms with van der Waals surface area (Å²) in [6.45, 7) is 3.55. The molecule has 0 saturated heterocycles. The molecule has 0 saturated carbocycles. The van der Waals surface area contributed by atoms with Crippen molar-refractivity contribution in [1.29, 1.82) is 0 Å². The van der Waals surface area contributed by atoms with Crippen LogP contribution in [0.4, 0.5) is 0 Å². The minimum atomic E-state index is -1.46. The number of carbonyl (C=O) groups excluding carboxylic acids is 4. The van der Waals surface area contributed by atoms with Crippen LogP contribution in [0.1, 0.15) is 37.9 Å². The molecule has 0 spiro atoms. The Bertz CT molecular complexity index is 1090. The molecule has 1 heterocycles. The van der Waals surface area contributed by atoms with Gasteiger partial charge in [-0.2, -0.15) is 0 Å². The molecule has 5 atom stereocenters. The molecule has 5 unspecified atom stereocenters.